The largest absolute Gasteiger partial charge is 0.342 e. The smallest absolute Gasteiger partial charge is 0.259 e. The Hall–Kier alpha value is -1.69. The predicted octanol–water partition coefficient (Wildman–Crippen LogP) is 2.41. The zero-order valence-electron chi connectivity index (χ0n) is 12.6. The van der Waals surface area contributed by atoms with Crippen LogP contribution in [0.15, 0.2) is 10.2 Å². The SMILES string of the molecule is Cc1csc2nc([C@@H]3CC(=O)N(CC4CCC4)C3)[nH]c(=O)c12. The van der Waals surface area contributed by atoms with Crippen LogP contribution in [-0.2, 0) is 4.79 Å². The Morgan fingerprint density at radius 2 is 2.23 bits per heavy atom. The minimum atomic E-state index is -0.0800. The fraction of sp³-hybridized carbons (Fsp3) is 0.562. The second-order valence-corrected chi connectivity index (χ2v) is 7.40. The van der Waals surface area contributed by atoms with E-state index >= 15 is 0 Å². The summed E-state index contributed by atoms with van der Waals surface area (Å²) in [5.74, 6) is 1.56. The van der Waals surface area contributed by atoms with Crippen LogP contribution in [0, 0.1) is 12.8 Å². The van der Waals surface area contributed by atoms with Crippen molar-refractivity contribution in [1.82, 2.24) is 14.9 Å². The van der Waals surface area contributed by atoms with Crippen molar-refractivity contribution in [2.45, 2.75) is 38.5 Å². The average Bonchev–Trinajstić information content (AvgIpc) is 2.98. The monoisotopic (exact) mass is 317 g/mol. The van der Waals surface area contributed by atoms with E-state index in [0.717, 1.165) is 16.9 Å². The third-order valence-electron chi connectivity index (χ3n) is 4.95. The van der Waals surface area contributed by atoms with E-state index in [9.17, 15) is 9.59 Å². The molecule has 0 radical (unpaired) electrons. The lowest BCUT2D eigenvalue weighted by Crippen LogP contribution is -2.33. The maximum absolute atomic E-state index is 12.2. The number of H-pyrrole nitrogens is 1. The predicted molar refractivity (Wildman–Crippen MR) is 86.3 cm³/mol. The highest BCUT2D eigenvalue weighted by atomic mass is 32.1. The Balaban J connectivity index is 1.59. The van der Waals surface area contributed by atoms with Crippen LogP contribution in [0.1, 0.15) is 43.0 Å². The highest BCUT2D eigenvalue weighted by Crippen LogP contribution is 2.32. The van der Waals surface area contributed by atoms with Crippen LogP contribution >= 0.6 is 11.3 Å². The number of amides is 1. The summed E-state index contributed by atoms with van der Waals surface area (Å²) < 4.78 is 0. The molecule has 2 aromatic heterocycles. The van der Waals surface area contributed by atoms with Crippen molar-refractivity contribution in [3.05, 3.63) is 27.1 Å². The van der Waals surface area contributed by atoms with Gasteiger partial charge in [-0.1, -0.05) is 6.42 Å². The van der Waals surface area contributed by atoms with Crippen LogP contribution in [0.25, 0.3) is 10.2 Å². The maximum Gasteiger partial charge on any atom is 0.259 e. The van der Waals surface area contributed by atoms with E-state index in [1.54, 1.807) is 0 Å². The number of likely N-dealkylation sites (tertiary alicyclic amines) is 1. The number of aromatic nitrogens is 2. The van der Waals surface area contributed by atoms with Crippen LogP contribution < -0.4 is 5.56 Å². The van der Waals surface area contributed by atoms with Crippen LogP contribution in [0.3, 0.4) is 0 Å². The number of nitrogens with one attached hydrogen (secondary N) is 1. The molecule has 4 rings (SSSR count). The molecule has 5 nitrogen and oxygen atoms in total. The van der Waals surface area contributed by atoms with Crippen LogP contribution in [0.4, 0.5) is 0 Å². The van der Waals surface area contributed by atoms with Crippen LogP contribution in [-0.4, -0.2) is 33.9 Å². The Bertz CT molecular complexity index is 790. The molecule has 1 saturated carbocycles. The Morgan fingerprint density at radius 3 is 2.95 bits per heavy atom. The summed E-state index contributed by atoms with van der Waals surface area (Å²) in [6.07, 6.45) is 4.23. The minimum Gasteiger partial charge on any atom is -0.342 e. The molecule has 2 fully saturated rings. The van der Waals surface area contributed by atoms with Crippen LogP contribution in [0.5, 0.6) is 0 Å². The number of aromatic amines is 1. The van der Waals surface area contributed by atoms with Crippen molar-refractivity contribution in [2.24, 2.45) is 5.92 Å². The Morgan fingerprint density at radius 1 is 1.41 bits per heavy atom. The van der Waals surface area contributed by atoms with Gasteiger partial charge in [0.1, 0.15) is 10.7 Å². The van der Waals surface area contributed by atoms with Gasteiger partial charge in [0, 0.05) is 25.4 Å². The zero-order chi connectivity index (χ0) is 15.3. The lowest BCUT2D eigenvalue weighted by Gasteiger charge is -2.30. The Labute approximate surface area is 132 Å². The average molecular weight is 317 g/mol. The van der Waals surface area contributed by atoms with Gasteiger partial charge in [-0.2, -0.15) is 0 Å². The lowest BCUT2D eigenvalue weighted by atomic mass is 9.85. The molecule has 1 saturated heterocycles. The number of rotatable bonds is 3. The molecule has 1 atom stereocenters. The highest BCUT2D eigenvalue weighted by molar-refractivity contribution is 7.16. The van der Waals surface area contributed by atoms with Crippen molar-refractivity contribution < 1.29 is 4.79 Å². The summed E-state index contributed by atoms with van der Waals surface area (Å²) >= 11 is 1.50. The number of fused-ring (bicyclic) bond motifs is 1. The summed E-state index contributed by atoms with van der Waals surface area (Å²) in [6.45, 7) is 3.49. The Kier molecular flexibility index (Phi) is 3.29. The van der Waals surface area contributed by atoms with Crippen LogP contribution in [0.2, 0.25) is 0 Å². The maximum atomic E-state index is 12.2. The molecule has 3 heterocycles. The van der Waals surface area contributed by atoms with Crippen molar-refractivity contribution >= 4 is 27.5 Å². The first-order chi connectivity index (χ1) is 10.6. The molecule has 1 amide bonds. The van der Waals surface area contributed by atoms with Crippen molar-refractivity contribution in [2.75, 3.05) is 13.1 Å². The molecular formula is C16H19N3O2S. The molecule has 0 aromatic carbocycles. The fourth-order valence-corrected chi connectivity index (χ4v) is 4.35. The van der Waals surface area contributed by atoms with Gasteiger partial charge in [-0.15, -0.1) is 11.3 Å². The van der Waals surface area contributed by atoms with Gasteiger partial charge < -0.3 is 9.88 Å². The van der Waals surface area contributed by atoms with Gasteiger partial charge in [0.2, 0.25) is 5.91 Å². The summed E-state index contributed by atoms with van der Waals surface area (Å²) in [5.41, 5.74) is 0.887. The van der Waals surface area contributed by atoms with Crippen molar-refractivity contribution in [3.63, 3.8) is 0 Å². The number of hydrogen-bond donors (Lipinski definition) is 1. The number of hydrogen-bond acceptors (Lipinski definition) is 4. The summed E-state index contributed by atoms with van der Waals surface area (Å²) in [6, 6.07) is 0. The van der Waals surface area contributed by atoms with Gasteiger partial charge in [0.25, 0.3) is 5.56 Å². The lowest BCUT2D eigenvalue weighted by molar-refractivity contribution is -0.128. The van der Waals surface area contributed by atoms with E-state index in [4.69, 9.17) is 0 Å². The molecule has 0 bridgehead atoms. The molecule has 2 aromatic rings. The molecule has 2 aliphatic rings. The zero-order valence-corrected chi connectivity index (χ0v) is 13.4. The van der Waals surface area contributed by atoms with Gasteiger partial charge in [-0.25, -0.2) is 4.98 Å². The molecule has 1 aliphatic heterocycles. The molecule has 0 spiro atoms. The summed E-state index contributed by atoms with van der Waals surface area (Å²) in [5, 5.41) is 2.64. The highest BCUT2D eigenvalue weighted by Gasteiger charge is 2.34. The number of carbonyl (C=O) groups is 1. The van der Waals surface area contributed by atoms with Gasteiger partial charge in [0.15, 0.2) is 0 Å². The molecule has 1 N–H and O–H groups in total. The first kappa shape index (κ1) is 13.9. The molecule has 1 aliphatic carbocycles. The first-order valence-corrected chi connectivity index (χ1v) is 8.75. The standard InChI is InChI=1S/C16H19N3O2S/c1-9-8-22-16-13(9)15(21)17-14(18-16)11-5-12(20)19(7-11)6-10-3-2-4-10/h8,10-11H,2-7H2,1H3,(H,17,18,21)/t11-/m1/s1. The quantitative estimate of drug-likeness (QED) is 0.945. The van der Waals surface area contributed by atoms with E-state index in [1.165, 1.54) is 30.6 Å². The number of aryl methyl sites for hydroxylation is 1. The van der Waals surface area contributed by atoms with Gasteiger partial charge in [-0.05, 0) is 36.6 Å². The van der Waals surface area contributed by atoms with Crippen molar-refractivity contribution in [1.29, 1.82) is 0 Å². The second kappa shape index (κ2) is 5.19. The van der Waals surface area contributed by atoms with E-state index in [2.05, 4.69) is 9.97 Å². The molecular weight excluding hydrogens is 298 g/mol. The van der Waals surface area contributed by atoms with Gasteiger partial charge in [-0.3, -0.25) is 9.59 Å². The molecule has 116 valence electrons. The number of thiophene rings is 1. The number of nitrogens with zero attached hydrogens (tertiary/aromatic N) is 2. The summed E-state index contributed by atoms with van der Waals surface area (Å²) in [4.78, 5) is 34.7. The molecule has 6 heteroatoms. The van der Waals surface area contributed by atoms with E-state index in [1.807, 2.05) is 17.2 Å². The molecule has 22 heavy (non-hydrogen) atoms. The number of carbonyl (C=O) groups excluding carboxylic acids is 1. The second-order valence-electron chi connectivity index (χ2n) is 6.55. The van der Waals surface area contributed by atoms with Gasteiger partial charge >= 0.3 is 0 Å². The molecule has 0 unspecified atom stereocenters. The summed E-state index contributed by atoms with van der Waals surface area (Å²) in [7, 11) is 0. The first-order valence-electron chi connectivity index (χ1n) is 7.87. The van der Waals surface area contributed by atoms with E-state index < -0.39 is 0 Å². The third kappa shape index (κ3) is 2.26. The van der Waals surface area contributed by atoms with E-state index in [-0.39, 0.29) is 17.4 Å². The minimum absolute atomic E-state index is 0.0204. The third-order valence-corrected chi connectivity index (χ3v) is 5.94. The van der Waals surface area contributed by atoms with Crippen molar-refractivity contribution in [3.8, 4) is 0 Å². The van der Waals surface area contributed by atoms with E-state index in [0.29, 0.717) is 30.1 Å². The van der Waals surface area contributed by atoms with Gasteiger partial charge in [0.05, 0.1) is 5.39 Å². The normalized spacial score (nSPS) is 22.5. The topological polar surface area (TPSA) is 66.1 Å². The fourth-order valence-electron chi connectivity index (χ4n) is 3.42.